The molecule has 4 rings (SSSR count). The van der Waals surface area contributed by atoms with Gasteiger partial charge in [-0.1, -0.05) is 29.3 Å². The summed E-state index contributed by atoms with van der Waals surface area (Å²) in [5, 5.41) is 17.2. The minimum Gasteiger partial charge on any atom is -0.362 e. The van der Waals surface area contributed by atoms with Crippen molar-refractivity contribution in [3.63, 3.8) is 0 Å². The molecule has 32 heavy (non-hydrogen) atoms. The standard InChI is InChI=1S/C22H25Cl2N7O/c1-14(17-5-4-16(23)11-18(17)24)28-20-15(12-25)13-27-22(29-20)31-9-7-30(8-10-31)21(32)19-3-2-6-26-19/h4-5,11,13-14,19,26H,2-3,6-10H2,1H3,(H,27,28,29)/t14-,19-/m1/s1. The van der Waals surface area contributed by atoms with Gasteiger partial charge in [-0.05, 0) is 44.0 Å². The zero-order chi connectivity index (χ0) is 22.7. The van der Waals surface area contributed by atoms with Crippen LogP contribution < -0.4 is 15.5 Å². The average Bonchev–Trinajstić information content (AvgIpc) is 3.33. The van der Waals surface area contributed by atoms with Crippen molar-refractivity contribution < 1.29 is 4.79 Å². The number of nitriles is 1. The molecule has 0 bridgehead atoms. The maximum atomic E-state index is 12.6. The molecular formula is C22H25Cl2N7O. The molecule has 2 aromatic rings. The van der Waals surface area contributed by atoms with Crippen LogP contribution in [-0.4, -0.2) is 59.5 Å². The Hall–Kier alpha value is -2.60. The van der Waals surface area contributed by atoms with Crippen LogP contribution in [0.4, 0.5) is 11.8 Å². The lowest BCUT2D eigenvalue weighted by Crippen LogP contribution is -2.53. The third-order valence-corrected chi connectivity index (χ3v) is 6.47. The smallest absolute Gasteiger partial charge is 0.239 e. The lowest BCUT2D eigenvalue weighted by atomic mass is 10.1. The highest BCUT2D eigenvalue weighted by Gasteiger charge is 2.30. The normalized spacial score (nSPS) is 19.5. The number of rotatable bonds is 5. The van der Waals surface area contributed by atoms with Crippen LogP contribution in [0.1, 0.15) is 36.9 Å². The quantitative estimate of drug-likeness (QED) is 0.687. The van der Waals surface area contributed by atoms with Gasteiger partial charge in [-0.2, -0.15) is 10.2 Å². The minimum atomic E-state index is -0.192. The number of nitrogens with zero attached hydrogens (tertiary/aromatic N) is 5. The Balaban J connectivity index is 1.45. The zero-order valence-electron chi connectivity index (χ0n) is 17.8. The number of carbonyl (C=O) groups excluding carboxylic acids is 1. The Morgan fingerprint density at radius 2 is 2.09 bits per heavy atom. The fourth-order valence-corrected chi connectivity index (χ4v) is 4.67. The summed E-state index contributed by atoms with van der Waals surface area (Å²) >= 11 is 12.3. The zero-order valence-corrected chi connectivity index (χ0v) is 19.3. The van der Waals surface area contributed by atoms with Crippen molar-refractivity contribution in [3.05, 3.63) is 45.6 Å². The van der Waals surface area contributed by atoms with E-state index in [1.54, 1.807) is 12.1 Å². The Morgan fingerprint density at radius 3 is 2.75 bits per heavy atom. The van der Waals surface area contributed by atoms with Crippen molar-refractivity contribution in [2.24, 2.45) is 0 Å². The highest BCUT2D eigenvalue weighted by molar-refractivity contribution is 6.35. The first-order valence-electron chi connectivity index (χ1n) is 10.7. The van der Waals surface area contributed by atoms with Gasteiger partial charge in [0.1, 0.15) is 17.5 Å². The van der Waals surface area contributed by atoms with Crippen LogP contribution >= 0.6 is 23.2 Å². The molecule has 0 radical (unpaired) electrons. The number of carbonyl (C=O) groups is 1. The van der Waals surface area contributed by atoms with E-state index in [0.717, 1.165) is 24.9 Å². The van der Waals surface area contributed by atoms with Gasteiger partial charge in [-0.15, -0.1) is 0 Å². The summed E-state index contributed by atoms with van der Waals surface area (Å²) in [5.74, 6) is 1.16. The predicted octanol–water partition coefficient (Wildman–Crippen LogP) is 3.23. The molecule has 2 aliphatic heterocycles. The molecule has 2 fully saturated rings. The van der Waals surface area contributed by atoms with E-state index in [-0.39, 0.29) is 18.0 Å². The number of halogens is 2. The molecule has 10 heteroatoms. The van der Waals surface area contributed by atoms with E-state index in [2.05, 4.69) is 26.7 Å². The Kier molecular flexibility index (Phi) is 6.99. The first-order chi connectivity index (χ1) is 15.5. The monoisotopic (exact) mass is 473 g/mol. The second-order valence-corrected chi connectivity index (χ2v) is 8.88. The molecule has 1 aromatic carbocycles. The van der Waals surface area contributed by atoms with Crippen LogP contribution in [0, 0.1) is 11.3 Å². The van der Waals surface area contributed by atoms with E-state index in [1.165, 1.54) is 6.20 Å². The molecule has 2 atom stereocenters. The lowest BCUT2D eigenvalue weighted by Gasteiger charge is -2.36. The highest BCUT2D eigenvalue weighted by atomic mass is 35.5. The summed E-state index contributed by atoms with van der Waals surface area (Å²) in [6.07, 6.45) is 3.48. The number of hydrogen-bond donors (Lipinski definition) is 2. The van der Waals surface area contributed by atoms with Crippen LogP contribution in [0.15, 0.2) is 24.4 Å². The summed E-state index contributed by atoms with van der Waals surface area (Å²) in [6, 6.07) is 7.22. The van der Waals surface area contributed by atoms with Crippen molar-refractivity contribution in [3.8, 4) is 6.07 Å². The molecule has 0 aliphatic carbocycles. The van der Waals surface area contributed by atoms with Crippen LogP contribution in [0.5, 0.6) is 0 Å². The van der Waals surface area contributed by atoms with E-state index in [1.807, 2.05) is 22.8 Å². The molecule has 1 amide bonds. The summed E-state index contributed by atoms with van der Waals surface area (Å²) in [4.78, 5) is 25.6. The fourth-order valence-electron chi connectivity index (χ4n) is 4.09. The van der Waals surface area contributed by atoms with Crippen molar-refractivity contribution in [2.45, 2.75) is 31.8 Å². The molecule has 8 nitrogen and oxygen atoms in total. The molecular weight excluding hydrogens is 449 g/mol. The minimum absolute atomic E-state index is 0.0512. The molecule has 168 valence electrons. The van der Waals surface area contributed by atoms with Crippen molar-refractivity contribution in [2.75, 3.05) is 42.9 Å². The molecule has 0 spiro atoms. The summed E-state index contributed by atoms with van der Waals surface area (Å²) in [5.41, 5.74) is 1.21. The van der Waals surface area contributed by atoms with Gasteiger partial charge in [0.25, 0.3) is 0 Å². The number of hydrogen-bond acceptors (Lipinski definition) is 7. The highest BCUT2D eigenvalue weighted by Crippen LogP contribution is 2.29. The lowest BCUT2D eigenvalue weighted by molar-refractivity contribution is -0.133. The van der Waals surface area contributed by atoms with Gasteiger partial charge in [0.05, 0.1) is 18.3 Å². The van der Waals surface area contributed by atoms with E-state index in [0.29, 0.717) is 53.6 Å². The SMILES string of the molecule is C[C@@H](Nc1nc(N2CCN(C(=O)[C@H]3CCCN3)CC2)ncc1C#N)c1ccc(Cl)cc1Cl. The van der Waals surface area contributed by atoms with Gasteiger partial charge in [0.15, 0.2) is 0 Å². The average molecular weight is 474 g/mol. The first-order valence-corrected chi connectivity index (χ1v) is 11.5. The van der Waals surface area contributed by atoms with Gasteiger partial charge in [-0.25, -0.2) is 4.98 Å². The van der Waals surface area contributed by atoms with Gasteiger partial charge in [0, 0.05) is 36.2 Å². The predicted molar refractivity (Wildman–Crippen MR) is 125 cm³/mol. The second-order valence-electron chi connectivity index (χ2n) is 8.04. The van der Waals surface area contributed by atoms with Crippen LogP contribution in [0.25, 0.3) is 0 Å². The third kappa shape index (κ3) is 4.90. The summed E-state index contributed by atoms with van der Waals surface area (Å²) < 4.78 is 0. The first kappa shape index (κ1) is 22.6. The Bertz CT molecular complexity index is 1030. The number of aromatic nitrogens is 2. The number of nitrogens with one attached hydrogen (secondary N) is 2. The number of benzene rings is 1. The molecule has 0 unspecified atom stereocenters. The number of anilines is 2. The van der Waals surface area contributed by atoms with Crippen LogP contribution in [-0.2, 0) is 4.79 Å². The summed E-state index contributed by atoms with van der Waals surface area (Å²) in [6.45, 7) is 5.38. The number of amides is 1. The van der Waals surface area contributed by atoms with Gasteiger partial charge in [-0.3, -0.25) is 4.79 Å². The Morgan fingerprint density at radius 1 is 1.31 bits per heavy atom. The largest absolute Gasteiger partial charge is 0.362 e. The third-order valence-electron chi connectivity index (χ3n) is 5.91. The molecule has 1 aromatic heterocycles. The Labute approximate surface area is 197 Å². The molecule has 2 N–H and O–H groups in total. The van der Waals surface area contributed by atoms with Gasteiger partial charge in [0.2, 0.25) is 11.9 Å². The second kappa shape index (κ2) is 9.90. The van der Waals surface area contributed by atoms with E-state index in [9.17, 15) is 10.1 Å². The molecule has 2 saturated heterocycles. The van der Waals surface area contributed by atoms with Gasteiger partial charge >= 0.3 is 0 Å². The van der Waals surface area contributed by atoms with Crippen LogP contribution in [0.2, 0.25) is 10.0 Å². The van der Waals surface area contributed by atoms with Gasteiger partial charge < -0.3 is 20.4 Å². The molecule has 3 heterocycles. The fraction of sp³-hybridized carbons (Fsp3) is 0.455. The number of piperazine rings is 1. The maximum Gasteiger partial charge on any atom is 0.239 e. The summed E-state index contributed by atoms with van der Waals surface area (Å²) in [7, 11) is 0. The molecule has 2 aliphatic rings. The maximum absolute atomic E-state index is 12.6. The van der Waals surface area contributed by atoms with E-state index >= 15 is 0 Å². The molecule has 0 saturated carbocycles. The van der Waals surface area contributed by atoms with Crippen LogP contribution in [0.3, 0.4) is 0 Å². The van der Waals surface area contributed by atoms with E-state index in [4.69, 9.17) is 23.2 Å². The van der Waals surface area contributed by atoms with E-state index < -0.39 is 0 Å². The van der Waals surface area contributed by atoms with Crippen molar-refractivity contribution >= 4 is 40.9 Å². The van der Waals surface area contributed by atoms with Crippen molar-refractivity contribution in [1.29, 1.82) is 5.26 Å². The topological polar surface area (TPSA) is 97.2 Å². The van der Waals surface area contributed by atoms with Crippen molar-refractivity contribution in [1.82, 2.24) is 20.2 Å².